The van der Waals surface area contributed by atoms with Crippen molar-refractivity contribution in [3.8, 4) is 5.75 Å². The van der Waals surface area contributed by atoms with Crippen LogP contribution in [0.1, 0.15) is 45.8 Å². The van der Waals surface area contributed by atoms with Crippen molar-refractivity contribution in [2.24, 2.45) is 23.7 Å². The van der Waals surface area contributed by atoms with Crippen LogP contribution in [0.25, 0.3) is 0 Å². The lowest BCUT2D eigenvalue weighted by Gasteiger charge is -2.50. The highest BCUT2D eigenvalue weighted by Gasteiger charge is 2.70. The molecule has 9 rings (SSSR count). The maximum absolute atomic E-state index is 15.4. The minimum absolute atomic E-state index is 0.0291. The minimum Gasteiger partial charge on any atom is -0.505 e. The molecule has 2 aliphatic carbocycles. The molecule has 4 aliphatic rings. The third-order valence-corrected chi connectivity index (χ3v) is 12.3. The first kappa shape index (κ1) is 36.2. The number of para-hydroxylation sites is 1. The third kappa shape index (κ3) is 5.51. The van der Waals surface area contributed by atoms with Crippen molar-refractivity contribution in [3.05, 3.63) is 172 Å². The van der Waals surface area contributed by atoms with E-state index < -0.39 is 76.0 Å². The summed E-state index contributed by atoms with van der Waals surface area (Å²) in [6, 6.07) is 30.4. The fourth-order valence-corrected chi connectivity index (χ4v) is 9.66. The molecule has 2 saturated heterocycles. The summed E-state index contributed by atoms with van der Waals surface area (Å²) in [5.74, 6) is -9.69. The monoisotopic (exact) mass is 783 g/mol. The fraction of sp³-hybridized carbons (Fsp3) is 0.178. The standard InChI is InChI=1S/C45H32ClF2N3O6/c46-27-13-11-26(12-14-27)45-35(42(55)51(44(45)57)49-29-17-15-28(47)16-18-29)23-34-31(38(45)33-7-4-8-36(48)40(33)53)21-22-32-37(34)43(56)50(41(32)54)30-19-9-25(10-20-30)39(52)24-5-2-1-3-6-24/h1-21,32,34-35,37-38,49,53H,22-23H2/t32-,34+,35-,37-,38+,45+/m0/s1. The number of aromatic hydroxyl groups is 1. The Morgan fingerprint density at radius 2 is 1.44 bits per heavy atom. The van der Waals surface area contributed by atoms with Crippen LogP contribution >= 0.6 is 11.6 Å². The smallest absolute Gasteiger partial charge is 0.260 e. The summed E-state index contributed by atoms with van der Waals surface area (Å²) < 4.78 is 29.3. The summed E-state index contributed by atoms with van der Waals surface area (Å²) in [4.78, 5) is 73.1. The Morgan fingerprint density at radius 1 is 0.754 bits per heavy atom. The molecule has 5 aromatic rings. The first-order chi connectivity index (χ1) is 27.5. The first-order valence-corrected chi connectivity index (χ1v) is 18.8. The lowest BCUT2D eigenvalue weighted by Crippen LogP contribution is -2.53. The van der Waals surface area contributed by atoms with E-state index >= 15 is 9.18 Å². The highest BCUT2D eigenvalue weighted by molar-refractivity contribution is 6.30. The Hall–Kier alpha value is -6.46. The lowest BCUT2D eigenvalue weighted by atomic mass is 9.49. The number of hydrogen-bond acceptors (Lipinski definition) is 7. The number of ketones is 1. The summed E-state index contributed by atoms with van der Waals surface area (Å²) in [6.45, 7) is 0. The van der Waals surface area contributed by atoms with Gasteiger partial charge in [-0.25, -0.2) is 8.78 Å². The number of fused-ring (bicyclic) bond motifs is 4. The maximum atomic E-state index is 15.4. The number of benzene rings is 5. The van der Waals surface area contributed by atoms with Crippen LogP contribution in [0.3, 0.4) is 0 Å². The Balaban J connectivity index is 1.16. The van der Waals surface area contributed by atoms with Gasteiger partial charge in [0.2, 0.25) is 11.8 Å². The molecule has 0 radical (unpaired) electrons. The summed E-state index contributed by atoms with van der Waals surface area (Å²) in [7, 11) is 0. The summed E-state index contributed by atoms with van der Waals surface area (Å²) >= 11 is 6.33. The van der Waals surface area contributed by atoms with Crippen LogP contribution in [0.5, 0.6) is 5.75 Å². The number of phenols is 1. The minimum atomic E-state index is -1.79. The Kier molecular flexibility index (Phi) is 8.65. The van der Waals surface area contributed by atoms with Crippen molar-refractivity contribution in [2.75, 3.05) is 10.3 Å². The van der Waals surface area contributed by atoms with E-state index in [1.54, 1.807) is 84.9 Å². The van der Waals surface area contributed by atoms with Crippen LogP contribution in [-0.4, -0.2) is 39.5 Å². The van der Waals surface area contributed by atoms with Crippen molar-refractivity contribution >= 4 is 52.4 Å². The molecular weight excluding hydrogens is 752 g/mol. The van der Waals surface area contributed by atoms with E-state index in [-0.39, 0.29) is 35.6 Å². The molecule has 6 atom stereocenters. The van der Waals surface area contributed by atoms with Crippen molar-refractivity contribution < 1.29 is 37.9 Å². The molecule has 0 aromatic heterocycles. The number of phenolic OH excluding ortho intramolecular Hbond substituents is 1. The average Bonchev–Trinajstić information content (AvgIpc) is 3.60. The van der Waals surface area contributed by atoms with Gasteiger partial charge in [0.25, 0.3) is 11.8 Å². The Morgan fingerprint density at radius 3 is 2.14 bits per heavy atom. The SMILES string of the molecule is O=C(c1ccccc1)c1ccc(N2C(=O)[C@H]3[C@H](CC=C4[C@H]3C[C@H]3C(=O)N(Nc5ccc(F)cc5)C(=O)[C@@]3(c3ccc(Cl)cc3)[C@H]4c3cccc(F)c3O)C2=O)cc1. The van der Waals surface area contributed by atoms with Crippen LogP contribution in [-0.2, 0) is 24.6 Å². The zero-order valence-corrected chi connectivity index (χ0v) is 30.7. The van der Waals surface area contributed by atoms with Gasteiger partial charge in [0.1, 0.15) is 5.82 Å². The molecule has 3 fully saturated rings. The first-order valence-electron chi connectivity index (χ1n) is 18.4. The van der Waals surface area contributed by atoms with E-state index in [1.807, 2.05) is 0 Å². The van der Waals surface area contributed by atoms with Crippen LogP contribution in [0.2, 0.25) is 5.02 Å². The van der Waals surface area contributed by atoms with Crippen LogP contribution in [0.15, 0.2) is 133 Å². The number of imide groups is 2. The molecule has 2 N–H and O–H groups in total. The number of nitrogens with zero attached hydrogens (tertiary/aromatic N) is 2. The molecule has 9 nitrogen and oxygen atoms in total. The molecule has 2 aliphatic heterocycles. The number of hydrazine groups is 1. The Bertz CT molecular complexity index is 2530. The van der Waals surface area contributed by atoms with Gasteiger partial charge in [-0.15, -0.1) is 0 Å². The molecule has 5 aromatic carbocycles. The van der Waals surface area contributed by atoms with Gasteiger partial charge < -0.3 is 5.11 Å². The van der Waals surface area contributed by atoms with Gasteiger partial charge >= 0.3 is 0 Å². The third-order valence-electron chi connectivity index (χ3n) is 12.0. The molecular formula is C45H32ClF2N3O6. The molecule has 57 heavy (non-hydrogen) atoms. The zero-order valence-electron chi connectivity index (χ0n) is 29.9. The second kappa shape index (κ2) is 13.6. The molecule has 0 spiro atoms. The number of hydrogen-bond donors (Lipinski definition) is 2. The maximum Gasteiger partial charge on any atom is 0.260 e. The van der Waals surface area contributed by atoms with Gasteiger partial charge in [-0.05, 0) is 91.1 Å². The molecule has 1 saturated carbocycles. The average molecular weight is 784 g/mol. The Labute approximate surface area is 330 Å². The summed E-state index contributed by atoms with van der Waals surface area (Å²) in [6.07, 6.45) is 1.83. The molecule has 12 heteroatoms. The molecule has 4 amide bonds. The lowest BCUT2D eigenvalue weighted by molar-refractivity contribution is -0.138. The highest BCUT2D eigenvalue weighted by atomic mass is 35.5. The molecule has 0 unspecified atom stereocenters. The van der Waals surface area contributed by atoms with Gasteiger partial charge in [0, 0.05) is 27.6 Å². The van der Waals surface area contributed by atoms with Crippen molar-refractivity contribution in [2.45, 2.75) is 24.2 Å². The van der Waals surface area contributed by atoms with Crippen molar-refractivity contribution in [1.82, 2.24) is 5.01 Å². The quantitative estimate of drug-likeness (QED) is 0.0984. The van der Waals surface area contributed by atoms with E-state index in [4.69, 9.17) is 11.6 Å². The van der Waals surface area contributed by atoms with Gasteiger partial charge in [-0.1, -0.05) is 77.8 Å². The fourth-order valence-electron chi connectivity index (χ4n) is 9.54. The van der Waals surface area contributed by atoms with E-state index in [1.165, 1.54) is 36.4 Å². The number of amides is 4. The topological polar surface area (TPSA) is 124 Å². The van der Waals surface area contributed by atoms with Crippen molar-refractivity contribution in [3.63, 3.8) is 0 Å². The number of allylic oxidation sites excluding steroid dienone is 2. The van der Waals surface area contributed by atoms with Gasteiger partial charge in [-0.2, -0.15) is 5.01 Å². The van der Waals surface area contributed by atoms with E-state index in [0.29, 0.717) is 27.3 Å². The largest absolute Gasteiger partial charge is 0.505 e. The van der Waals surface area contributed by atoms with Gasteiger partial charge in [-0.3, -0.25) is 34.3 Å². The van der Waals surface area contributed by atoms with E-state index in [2.05, 4.69) is 5.43 Å². The predicted molar refractivity (Wildman–Crippen MR) is 206 cm³/mol. The van der Waals surface area contributed by atoms with Crippen LogP contribution in [0.4, 0.5) is 20.2 Å². The zero-order chi connectivity index (χ0) is 39.7. The van der Waals surface area contributed by atoms with E-state index in [0.717, 1.165) is 16.0 Å². The second-order valence-electron chi connectivity index (χ2n) is 14.8. The van der Waals surface area contributed by atoms with Crippen LogP contribution in [0, 0.1) is 35.3 Å². The molecule has 0 bridgehead atoms. The predicted octanol–water partition coefficient (Wildman–Crippen LogP) is 7.74. The number of halogens is 3. The molecule has 2 heterocycles. The number of carbonyl (C=O) groups is 5. The van der Waals surface area contributed by atoms with E-state index in [9.17, 15) is 28.7 Å². The van der Waals surface area contributed by atoms with Crippen molar-refractivity contribution in [1.29, 1.82) is 0 Å². The van der Waals surface area contributed by atoms with Gasteiger partial charge in [0.15, 0.2) is 17.3 Å². The summed E-state index contributed by atoms with van der Waals surface area (Å²) in [5.41, 5.74) is 3.36. The number of anilines is 2. The van der Waals surface area contributed by atoms with Gasteiger partial charge in [0.05, 0.1) is 34.5 Å². The summed E-state index contributed by atoms with van der Waals surface area (Å²) in [5, 5.41) is 12.6. The highest BCUT2D eigenvalue weighted by Crippen LogP contribution is 2.65. The number of rotatable bonds is 7. The second-order valence-corrected chi connectivity index (χ2v) is 15.2. The number of nitrogens with one attached hydrogen (secondary N) is 1. The number of carbonyl (C=O) groups excluding carboxylic acids is 5. The van der Waals surface area contributed by atoms with Crippen LogP contribution < -0.4 is 10.3 Å². The molecule has 284 valence electrons. The normalized spacial score (nSPS) is 25.2.